The fraction of sp³-hybridized carbons (Fsp3) is 0. The quantitative estimate of drug-likeness (QED) is 0.684. The van der Waals surface area contributed by atoms with E-state index in [4.69, 9.17) is 5.11 Å². The summed E-state index contributed by atoms with van der Waals surface area (Å²) in [6, 6.07) is 7.89. The maximum Gasteiger partial charge on any atom is 0.335 e. The summed E-state index contributed by atoms with van der Waals surface area (Å²) < 4.78 is 0.874. The molecule has 1 aromatic carbocycles. The lowest BCUT2D eigenvalue weighted by molar-refractivity contribution is 0.0697. The number of aromatic carboxylic acids is 1. The van der Waals surface area contributed by atoms with Gasteiger partial charge in [0.05, 0.1) is 11.1 Å². The van der Waals surface area contributed by atoms with E-state index in [1.807, 2.05) is 0 Å². The first-order valence-electron chi connectivity index (χ1n) is 5.52. The minimum atomic E-state index is -1.05. The van der Waals surface area contributed by atoms with E-state index in [-0.39, 0.29) is 5.56 Å². The fourth-order valence-corrected chi connectivity index (χ4v) is 1.88. The maximum atomic E-state index is 10.9. The lowest BCUT2D eigenvalue weighted by Crippen LogP contribution is -1.98. The molecule has 0 aliphatic carbocycles. The Bertz CT molecular complexity index is 765. The van der Waals surface area contributed by atoms with Gasteiger partial charge in [0.2, 0.25) is 0 Å². The van der Waals surface area contributed by atoms with Crippen molar-refractivity contribution in [3.05, 3.63) is 48.3 Å². The molecule has 19 heavy (non-hydrogen) atoms. The number of benzene rings is 1. The lowest BCUT2D eigenvalue weighted by Gasteiger charge is -2.00. The summed E-state index contributed by atoms with van der Waals surface area (Å²) in [6.07, 6.45) is 3.20. The first-order chi connectivity index (χ1) is 9.16. The van der Waals surface area contributed by atoms with Crippen LogP contribution in [0.1, 0.15) is 10.4 Å². The first-order valence-corrected chi connectivity index (χ1v) is 5.52. The second-order valence-corrected chi connectivity index (χ2v) is 4.00. The summed E-state index contributed by atoms with van der Waals surface area (Å²) >= 11 is 0. The summed E-state index contributed by atoms with van der Waals surface area (Å²) in [5, 5.41) is 19.0. The second kappa shape index (κ2) is 4.09. The van der Waals surface area contributed by atoms with Gasteiger partial charge in [0.25, 0.3) is 0 Å². The summed E-state index contributed by atoms with van der Waals surface area (Å²) in [7, 11) is 0. The zero-order chi connectivity index (χ0) is 13.4. The third kappa shape index (κ3) is 1.79. The molecule has 0 aliphatic rings. The minimum Gasteiger partial charge on any atom is -0.478 e. The fourth-order valence-electron chi connectivity index (χ4n) is 1.88. The highest BCUT2D eigenvalue weighted by atomic mass is 16.5. The minimum absolute atomic E-state index is 0.0976. The van der Waals surface area contributed by atoms with Crippen molar-refractivity contribution < 1.29 is 15.1 Å². The Morgan fingerprint density at radius 3 is 2.79 bits per heavy atom. The van der Waals surface area contributed by atoms with E-state index in [1.165, 1.54) is 12.1 Å². The van der Waals surface area contributed by atoms with E-state index in [9.17, 15) is 10.0 Å². The van der Waals surface area contributed by atoms with Gasteiger partial charge < -0.3 is 10.3 Å². The Balaban J connectivity index is 2.24. The average molecular weight is 255 g/mol. The van der Waals surface area contributed by atoms with E-state index in [0.717, 1.165) is 4.73 Å². The van der Waals surface area contributed by atoms with Gasteiger partial charge in [-0.15, -0.1) is 0 Å². The van der Waals surface area contributed by atoms with Crippen LogP contribution in [0.5, 0.6) is 0 Å². The van der Waals surface area contributed by atoms with Crippen LogP contribution < -0.4 is 0 Å². The number of fused-ring (bicyclic) bond motifs is 1. The van der Waals surface area contributed by atoms with Crippen LogP contribution in [-0.4, -0.2) is 31.0 Å². The van der Waals surface area contributed by atoms with Gasteiger partial charge in [0.15, 0.2) is 5.82 Å². The van der Waals surface area contributed by atoms with Crippen molar-refractivity contribution in [3.8, 4) is 11.4 Å². The number of carboxylic acids is 1. The van der Waals surface area contributed by atoms with Crippen LogP contribution in [0.3, 0.4) is 0 Å². The van der Waals surface area contributed by atoms with Crippen molar-refractivity contribution >= 4 is 17.0 Å². The monoisotopic (exact) mass is 255 g/mol. The van der Waals surface area contributed by atoms with Gasteiger partial charge in [-0.1, -0.05) is 0 Å². The van der Waals surface area contributed by atoms with E-state index in [2.05, 4.69) is 9.97 Å². The van der Waals surface area contributed by atoms with E-state index in [1.54, 1.807) is 30.6 Å². The van der Waals surface area contributed by atoms with Crippen LogP contribution in [0.2, 0.25) is 0 Å². The van der Waals surface area contributed by atoms with Crippen LogP contribution in [0.25, 0.3) is 22.4 Å². The topological polar surface area (TPSA) is 88.2 Å². The molecule has 0 radical (unpaired) electrons. The summed E-state index contributed by atoms with van der Waals surface area (Å²) in [4.78, 5) is 19.1. The van der Waals surface area contributed by atoms with Crippen molar-refractivity contribution in [2.24, 2.45) is 0 Å². The molecule has 0 saturated heterocycles. The Morgan fingerprint density at radius 2 is 2.11 bits per heavy atom. The van der Waals surface area contributed by atoms with Crippen LogP contribution in [0.15, 0.2) is 42.7 Å². The smallest absolute Gasteiger partial charge is 0.335 e. The van der Waals surface area contributed by atoms with Gasteiger partial charge in [0, 0.05) is 18.0 Å². The van der Waals surface area contributed by atoms with Crippen molar-refractivity contribution in [1.29, 1.82) is 0 Å². The van der Waals surface area contributed by atoms with Crippen molar-refractivity contribution in [2.75, 3.05) is 0 Å². The van der Waals surface area contributed by atoms with E-state index in [0.29, 0.717) is 22.4 Å². The number of nitrogens with zero attached hydrogens (tertiary/aromatic N) is 3. The molecular formula is C13H9N3O3. The largest absolute Gasteiger partial charge is 0.478 e. The zero-order valence-corrected chi connectivity index (χ0v) is 9.69. The summed E-state index contributed by atoms with van der Waals surface area (Å²) in [6.45, 7) is 0. The van der Waals surface area contributed by atoms with Crippen LogP contribution >= 0.6 is 0 Å². The van der Waals surface area contributed by atoms with Crippen molar-refractivity contribution in [1.82, 2.24) is 14.7 Å². The molecule has 3 rings (SSSR count). The molecule has 0 fully saturated rings. The molecule has 0 unspecified atom stereocenters. The maximum absolute atomic E-state index is 10.9. The molecular weight excluding hydrogens is 246 g/mol. The Morgan fingerprint density at radius 1 is 1.26 bits per heavy atom. The normalized spacial score (nSPS) is 10.7. The van der Waals surface area contributed by atoms with Gasteiger partial charge in [-0.2, -0.15) is 4.73 Å². The van der Waals surface area contributed by atoms with E-state index >= 15 is 0 Å². The van der Waals surface area contributed by atoms with Crippen LogP contribution in [-0.2, 0) is 0 Å². The highest BCUT2D eigenvalue weighted by molar-refractivity contribution is 5.93. The molecule has 94 valence electrons. The molecule has 0 amide bonds. The number of carboxylic acid groups (broad SMARTS) is 1. The number of aromatic nitrogens is 3. The standard InChI is InChI=1S/C13H9N3O3/c17-13(18)8-3-4-10-11(6-8)16(19)12(15-10)9-2-1-5-14-7-9/h1-7,19H,(H,17,18). The number of pyridine rings is 1. The highest BCUT2D eigenvalue weighted by Gasteiger charge is 2.14. The molecule has 0 atom stereocenters. The van der Waals surface area contributed by atoms with Crippen LogP contribution in [0, 0.1) is 0 Å². The summed E-state index contributed by atoms with van der Waals surface area (Å²) in [5.41, 5.74) is 1.61. The SMILES string of the molecule is O=C(O)c1ccc2nc(-c3cccnc3)n(O)c2c1. The van der Waals surface area contributed by atoms with Gasteiger partial charge in [-0.25, -0.2) is 9.78 Å². The van der Waals surface area contributed by atoms with Crippen molar-refractivity contribution in [2.45, 2.75) is 0 Å². The number of hydrogen-bond donors (Lipinski definition) is 2. The molecule has 0 aliphatic heterocycles. The number of carbonyl (C=O) groups is 1. The van der Waals surface area contributed by atoms with Gasteiger partial charge in [-0.3, -0.25) is 4.98 Å². The third-order valence-corrected chi connectivity index (χ3v) is 2.80. The number of imidazole rings is 1. The highest BCUT2D eigenvalue weighted by Crippen LogP contribution is 2.23. The Labute approximate surface area is 107 Å². The molecule has 6 nitrogen and oxygen atoms in total. The molecule has 2 heterocycles. The molecule has 2 N–H and O–H groups in total. The van der Waals surface area contributed by atoms with Crippen molar-refractivity contribution in [3.63, 3.8) is 0 Å². The second-order valence-electron chi connectivity index (χ2n) is 4.00. The molecule has 3 aromatic rings. The molecule has 0 spiro atoms. The Kier molecular flexibility index (Phi) is 2.42. The van der Waals surface area contributed by atoms with Crippen LogP contribution in [0.4, 0.5) is 0 Å². The lowest BCUT2D eigenvalue weighted by atomic mass is 10.2. The molecule has 0 bridgehead atoms. The van der Waals surface area contributed by atoms with Gasteiger partial charge in [-0.05, 0) is 30.3 Å². The van der Waals surface area contributed by atoms with Gasteiger partial charge in [0.1, 0.15) is 5.52 Å². The predicted octanol–water partition coefficient (Wildman–Crippen LogP) is 2.03. The van der Waals surface area contributed by atoms with Gasteiger partial charge >= 0.3 is 5.97 Å². The first kappa shape index (κ1) is 11.2. The summed E-state index contributed by atoms with van der Waals surface area (Å²) in [5.74, 6) is -0.725. The molecule has 6 heteroatoms. The zero-order valence-electron chi connectivity index (χ0n) is 9.69. The third-order valence-electron chi connectivity index (χ3n) is 2.80. The predicted molar refractivity (Wildman–Crippen MR) is 67.1 cm³/mol. The number of hydrogen-bond acceptors (Lipinski definition) is 4. The number of rotatable bonds is 2. The Hall–Kier alpha value is -2.89. The average Bonchev–Trinajstić information content (AvgIpc) is 2.77. The molecule has 2 aromatic heterocycles. The van der Waals surface area contributed by atoms with E-state index < -0.39 is 5.97 Å². The molecule has 0 saturated carbocycles.